The van der Waals surface area contributed by atoms with Crippen molar-refractivity contribution < 1.29 is 19.1 Å². The van der Waals surface area contributed by atoms with Gasteiger partial charge < -0.3 is 15.4 Å². The number of hydrogen-bond acceptors (Lipinski definition) is 4. The number of para-hydroxylation sites is 1. The molecule has 7 heteroatoms. The monoisotopic (exact) mass is 386 g/mol. The first kappa shape index (κ1) is 20.2. The van der Waals surface area contributed by atoms with Gasteiger partial charge in [-0.2, -0.15) is 0 Å². The molecule has 2 N–H and O–H groups in total. The van der Waals surface area contributed by atoms with Gasteiger partial charge in [0.25, 0.3) is 11.8 Å². The zero-order valence-electron chi connectivity index (χ0n) is 14.7. The summed E-state index contributed by atoms with van der Waals surface area (Å²) in [6.07, 6.45) is 0.533. The summed E-state index contributed by atoms with van der Waals surface area (Å²) >= 11 is 5.82. The van der Waals surface area contributed by atoms with Crippen molar-refractivity contribution in [2.24, 2.45) is 0 Å². The fourth-order valence-corrected chi connectivity index (χ4v) is 2.29. The Kier molecular flexibility index (Phi) is 7.14. The summed E-state index contributed by atoms with van der Waals surface area (Å²) in [4.78, 5) is 36.6. The fourth-order valence-electron chi connectivity index (χ4n) is 2.16. The van der Waals surface area contributed by atoms with Crippen molar-refractivity contribution in [1.29, 1.82) is 0 Å². The first-order valence-electron chi connectivity index (χ1n) is 8.18. The van der Waals surface area contributed by atoms with Gasteiger partial charge in [0.05, 0.1) is 11.3 Å². The van der Waals surface area contributed by atoms with Crippen LogP contribution in [0.3, 0.4) is 0 Å². The lowest BCUT2D eigenvalue weighted by Crippen LogP contribution is -2.36. The Morgan fingerprint density at radius 3 is 2.48 bits per heavy atom. The van der Waals surface area contributed by atoms with E-state index < -0.39 is 23.9 Å². The molecule has 0 bridgehead atoms. The highest BCUT2D eigenvalue weighted by atomic mass is 35.5. The minimum Gasteiger partial charge on any atom is -0.449 e. The van der Waals surface area contributed by atoms with Crippen LogP contribution in [0.15, 0.2) is 61.2 Å². The van der Waals surface area contributed by atoms with E-state index in [0.717, 1.165) is 0 Å². The van der Waals surface area contributed by atoms with Crippen LogP contribution in [0.1, 0.15) is 27.6 Å². The number of rotatable bonds is 7. The van der Waals surface area contributed by atoms with E-state index in [4.69, 9.17) is 16.3 Å². The van der Waals surface area contributed by atoms with Gasteiger partial charge in [0, 0.05) is 17.1 Å². The average Bonchev–Trinajstić information content (AvgIpc) is 2.66. The van der Waals surface area contributed by atoms with Crippen molar-refractivity contribution >= 4 is 35.1 Å². The molecular weight excluding hydrogens is 368 g/mol. The Morgan fingerprint density at radius 2 is 1.81 bits per heavy atom. The molecule has 140 valence electrons. The third-order valence-electron chi connectivity index (χ3n) is 3.58. The number of nitrogens with one attached hydrogen (secondary N) is 2. The van der Waals surface area contributed by atoms with E-state index in [-0.39, 0.29) is 17.8 Å². The maximum absolute atomic E-state index is 12.4. The molecule has 0 heterocycles. The van der Waals surface area contributed by atoms with Crippen LogP contribution < -0.4 is 10.6 Å². The number of carbonyl (C=O) groups excluding carboxylic acids is 3. The van der Waals surface area contributed by atoms with E-state index in [9.17, 15) is 14.4 Å². The molecule has 0 saturated heterocycles. The van der Waals surface area contributed by atoms with Gasteiger partial charge in [-0.3, -0.25) is 9.59 Å². The summed E-state index contributed by atoms with van der Waals surface area (Å²) < 4.78 is 5.18. The van der Waals surface area contributed by atoms with E-state index in [1.807, 2.05) is 0 Å². The topological polar surface area (TPSA) is 84.5 Å². The number of anilines is 1. The summed E-state index contributed by atoms with van der Waals surface area (Å²) in [6, 6.07) is 12.7. The second-order valence-electron chi connectivity index (χ2n) is 5.59. The zero-order valence-corrected chi connectivity index (χ0v) is 15.5. The van der Waals surface area contributed by atoms with Crippen molar-refractivity contribution in [2.45, 2.75) is 13.0 Å². The van der Waals surface area contributed by atoms with Crippen molar-refractivity contribution in [3.05, 3.63) is 77.3 Å². The lowest BCUT2D eigenvalue weighted by molar-refractivity contribution is -0.128. The lowest BCUT2D eigenvalue weighted by atomic mass is 10.1. The number of hydrogen-bond donors (Lipinski definition) is 2. The van der Waals surface area contributed by atoms with Gasteiger partial charge in [-0.25, -0.2) is 4.79 Å². The first-order valence-corrected chi connectivity index (χ1v) is 8.55. The number of amides is 2. The molecule has 27 heavy (non-hydrogen) atoms. The minimum atomic E-state index is -0.988. The molecule has 0 aliphatic heterocycles. The quantitative estimate of drug-likeness (QED) is 0.564. The van der Waals surface area contributed by atoms with Gasteiger partial charge in [0.15, 0.2) is 6.10 Å². The zero-order chi connectivity index (χ0) is 19.8. The molecule has 2 aromatic rings. The normalized spacial score (nSPS) is 11.2. The standard InChI is InChI=1S/C20H19ClN2O4/c1-3-12-22-18(24)13(2)27-20(26)16-6-4-5-7-17(16)23-19(25)14-8-10-15(21)11-9-14/h3-11,13H,1,12H2,2H3,(H,22,24)(H,23,25)/t13-/m0/s1. The summed E-state index contributed by atoms with van der Waals surface area (Å²) in [6.45, 7) is 5.24. The number of halogens is 1. The number of benzene rings is 2. The van der Waals surface area contributed by atoms with E-state index in [2.05, 4.69) is 17.2 Å². The molecule has 1 atom stereocenters. The highest BCUT2D eigenvalue weighted by Crippen LogP contribution is 2.19. The van der Waals surface area contributed by atoms with Gasteiger partial charge in [-0.15, -0.1) is 6.58 Å². The summed E-state index contributed by atoms with van der Waals surface area (Å²) in [7, 11) is 0. The first-order chi connectivity index (χ1) is 12.9. The Balaban J connectivity index is 2.11. The molecule has 0 aliphatic carbocycles. The van der Waals surface area contributed by atoms with Crippen LogP contribution in [0.2, 0.25) is 5.02 Å². The molecule has 6 nitrogen and oxygen atoms in total. The van der Waals surface area contributed by atoms with E-state index in [0.29, 0.717) is 10.6 Å². The van der Waals surface area contributed by atoms with Gasteiger partial charge in [0.2, 0.25) is 0 Å². The summed E-state index contributed by atoms with van der Waals surface area (Å²) in [5.41, 5.74) is 0.809. The molecular formula is C20H19ClN2O4. The molecule has 0 unspecified atom stereocenters. The Hall–Kier alpha value is -3.12. The van der Waals surface area contributed by atoms with Crippen LogP contribution >= 0.6 is 11.6 Å². The lowest BCUT2D eigenvalue weighted by Gasteiger charge is -2.15. The highest BCUT2D eigenvalue weighted by Gasteiger charge is 2.21. The molecule has 0 aromatic heterocycles. The number of esters is 1. The molecule has 0 saturated carbocycles. The van der Waals surface area contributed by atoms with E-state index in [1.54, 1.807) is 42.5 Å². The minimum absolute atomic E-state index is 0.142. The molecule has 2 rings (SSSR count). The molecule has 2 aromatic carbocycles. The van der Waals surface area contributed by atoms with Crippen molar-refractivity contribution in [3.63, 3.8) is 0 Å². The van der Waals surface area contributed by atoms with Crippen LogP contribution in [0, 0.1) is 0 Å². The van der Waals surface area contributed by atoms with Crippen LogP contribution in [-0.4, -0.2) is 30.4 Å². The van der Waals surface area contributed by atoms with Gasteiger partial charge >= 0.3 is 5.97 Å². The molecule has 2 amide bonds. The van der Waals surface area contributed by atoms with E-state index in [1.165, 1.54) is 19.1 Å². The predicted octanol–water partition coefficient (Wildman–Crippen LogP) is 3.44. The smallest absolute Gasteiger partial charge is 0.341 e. The van der Waals surface area contributed by atoms with E-state index >= 15 is 0 Å². The van der Waals surface area contributed by atoms with Crippen LogP contribution in [0.25, 0.3) is 0 Å². The SMILES string of the molecule is C=CCNC(=O)[C@H](C)OC(=O)c1ccccc1NC(=O)c1ccc(Cl)cc1. The Labute approximate surface area is 162 Å². The fraction of sp³-hybridized carbons (Fsp3) is 0.150. The van der Waals surface area contributed by atoms with Crippen molar-refractivity contribution in [3.8, 4) is 0 Å². The molecule has 0 aliphatic rings. The summed E-state index contributed by atoms with van der Waals surface area (Å²) in [5.74, 6) is -1.56. The summed E-state index contributed by atoms with van der Waals surface area (Å²) in [5, 5.41) is 5.73. The molecule has 0 radical (unpaired) electrons. The molecule has 0 fully saturated rings. The van der Waals surface area contributed by atoms with Crippen LogP contribution in [0.5, 0.6) is 0 Å². The van der Waals surface area contributed by atoms with Gasteiger partial charge in [-0.1, -0.05) is 29.8 Å². The average molecular weight is 387 g/mol. The Bertz CT molecular complexity index is 849. The second kappa shape index (κ2) is 9.54. The van der Waals surface area contributed by atoms with Crippen LogP contribution in [0.4, 0.5) is 5.69 Å². The Morgan fingerprint density at radius 1 is 1.15 bits per heavy atom. The predicted molar refractivity (Wildman–Crippen MR) is 104 cm³/mol. The molecule has 0 spiro atoms. The van der Waals surface area contributed by atoms with Crippen molar-refractivity contribution in [2.75, 3.05) is 11.9 Å². The van der Waals surface area contributed by atoms with Gasteiger partial charge in [0.1, 0.15) is 0 Å². The maximum atomic E-state index is 12.4. The number of ether oxygens (including phenoxy) is 1. The maximum Gasteiger partial charge on any atom is 0.341 e. The van der Waals surface area contributed by atoms with Crippen molar-refractivity contribution in [1.82, 2.24) is 5.32 Å². The largest absolute Gasteiger partial charge is 0.449 e. The van der Waals surface area contributed by atoms with Gasteiger partial charge in [-0.05, 0) is 43.3 Å². The number of carbonyl (C=O) groups is 3. The highest BCUT2D eigenvalue weighted by molar-refractivity contribution is 6.30. The second-order valence-corrected chi connectivity index (χ2v) is 6.02. The third kappa shape index (κ3) is 5.69. The van der Waals surface area contributed by atoms with Crippen LogP contribution in [-0.2, 0) is 9.53 Å². The third-order valence-corrected chi connectivity index (χ3v) is 3.83.